The van der Waals surface area contributed by atoms with Gasteiger partial charge < -0.3 is 19.7 Å². The van der Waals surface area contributed by atoms with Gasteiger partial charge in [-0.1, -0.05) is 36.4 Å². The molecule has 0 aliphatic carbocycles. The molecule has 144 valence electrons. The summed E-state index contributed by atoms with van der Waals surface area (Å²) in [6.07, 6.45) is 0. The number of carbonyl (C=O) groups is 1. The molecule has 1 aliphatic heterocycles. The Morgan fingerprint density at radius 1 is 1.00 bits per heavy atom. The summed E-state index contributed by atoms with van der Waals surface area (Å²) in [5.41, 5.74) is 2.01. The normalized spacial score (nSPS) is 13.8. The maximum absolute atomic E-state index is 12.6. The van der Waals surface area contributed by atoms with Crippen LogP contribution < -0.4 is 19.7 Å². The number of ether oxygens (including phenoxy) is 2. The molecular weight excluding hydrogens is 352 g/mol. The summed E-state index contributed by atoms with van der Waals surface area (Å²) in [5.74, 6) is 1.46. The van der Waals surface area contributed by atoms with Crippen LogP contribution in [0.1, 0.15) is 18.5 Å². The number of likely N-dealkylation sites (N-methyl/N-ethyl adjacent to an activating group) is 1. The third-order valence-electron chi connectivity index (χ3n) is 5.00. The predicted octanol–water partition coefficient (Wildman–Crippen LogP) is 3.92. The van der Waals surface area contributed by atoms with Gasteiger partial charge in [0.05, 0.1) is 12.6 Å². The Kier molecular flexibility index (Phi) is 5.06. The number of benzene rings is 3. The Morgan fingerprint density at radius 2 is 1.75 bits per heavy atom. The van der Waals surface area contributed by atoms with Crippen molar-refractivity contribution in [1.82, 2.24) is 5.32 Å². The molecule has 1 atom stereocenters. The van der Waals surface area contributed by atoms with Gasteiger partial charge in [0.15, 0.2) is 11.5 Å². The third-order valence-corrected chi connectivity index (χ3v) is 5.00. The van der Waals surface area contributed by atoms with Gasteiger partial charge in [0.1, 0.15) is 13.2 Å². The molecule has 1 amide bonds. The maximum atomic E-state index is 12.6. The van der Waals surface area contributed by atoms with E-state index in [1.807, 2.05) is 55.3 Å². The second-order valence-electron chi connectivity index (χ2n) is 7.08. The highest BCUT2D eigenvalue weighted by atomic mass is 16.6. The Morgan fingerprint density at radius 3 is 2.57 bits per heavy atom. The summed E-state index contributed by atoms with van der Waals surface area (Å²) in [6, 6.07) is 20.1. The Hall–Kier alpha value is -3.21. The van der Waals surface area contributed by atoms with E-state index in [-0.39, 0.29) is 18.5 Å². The number of hydrogen-bond acceptors (Lipinski definition) is 4. The van der Waals surface area contributed by atoms with Crippen molar-refractivity contribution in [1.29, 1.82) is 0 Å². The van der Waals surface area contributed by atoms with E-state index in [0.717, 1.165) is 28.1 Å². The zero-order valence-corrected chi connectivity index (χ0v) is 16.1. The van der Waals surface area contributed by atoms with E-state index in [1.165, 1.54) is 5.39 Å². The summed E-state index contributed by atoms with van der Waals surface area (Å²) in [5, 5.41) is 5.42. The van der Waals surface area contributed by atoms with E-state index < -0.39 is 0 Å². The molecule has 0 spiro atoms. The number of nitrogens with one attached hydrogen (secondary N) is 1. The SMILES string of the molecule is C[C@@H](NC(=O)CN(C)c1ccc2ccccc2c1)c1ccc2c(c1)OCCO2. The highest BCUT2D eigenvalue weighted by Gasteiger charge is 2.16. The van der Waals surface area contributed by atoms with E-state index in [1.54, 1.807) is 0 Å². The smallest absolute Gasteiger partial charge is 0.239 e. The quantitative estimate of drug-likeness (QED) is 0.733. The Labute approximate surface area is 164 Å². The summed E-state index contributed by atoms with van der Waals surface area (Å²) in [6.45, 7) is 3.38. The molecule has 0 saturated heterocycles. The molecule has 1 aliphatic rings. The van der Waals surface area contributed by atoms with Crippen molar-refractivity contribution in [2.24, 2.45) is 0 Å². The molecule has 0 saturated carbocycles. The van der Waals surface area contributed by atoms with Gasteiger partial charge in [-0.3, -0.25) is 4.79 Å². The molecule has 0 aromatic heterocycles. The van der Waals surface area contributed by atoms with Gasteiger partial charge in [0.25, 0.3) is 0 Å². The van der Waals surface area contributed by atoms with Crippen LogP contribution in [0.25, 0.3) is 10.8 Å². The molecule has 0 radical (unpaired) electrons. The molecule has 0 fully saturated rings. The van der Waals surface area contributed by atoms with E-state index in [4.69, 9.17) is 9.47 Å². The van der Waals surface area contributed by atoms with Crippen molar-refractivity contribution in [2.45, 2.75) is 13.0 Å². The van der Waals surface area contributed by atoms with Gasteiger partial charge in [-0.15, -0.1) is 0 Å². The molecule has 0 bridgehead atoms. The van der Waals surface area contributed by atoms with Crippen LogP contribution in [-0.2, 0) is 4.79 Å². The molecule has 3 aromatic carbocycles. The highest BCUT2D eigenvalue weighted by molar-refractivity contribution is 5.87. The first-order valence-electron chi connectivity index (χ1n) is 9.49. The average Bonchev–Trinajstić information content (AvgIpc) is 2.72. The average molecular weight is 376 g/mol. The molecular formula is C23H24N2O3. The van der Waals surface area contributed by atoms with Crippen LogP contribution in [0.5, 0.6) is 11.5 Å². The largest absolute Gasteiger partial charge is 0.486 e. The van der Waals surface area contributed by atoms with Crippen LogP contribution in [-0.4, -0.2) is 32.7 Å². The number of anilines is 1. The minimum Gasteiger partial charge on any atom is -0.486 e. The number of fused-ring (bicyclic) bond motifs is 2. The molecule has 5 heteroatoms. The first-order chi connectivity index (χ1) is 13.6. The van der Waals surface area contributed by atoms with Gasteiger partial charge in [0.2, 0.25) is 5.91 Å². The summed E-state index contributed by atoms with van der Waals surface area (Å²) < 4.78 is 11.2. The van der Waals surface area contributed by atoms with Crippen LogP contribution in [0, 0.1) is 0 Å². The zero-order valence-electron chi connectivity index (χ0n) is 16.1. The second kappa shape index (κ2) is 7.80. The van der Waals surface area contributed by atoms with Crippen molar-refractivity contribution in [3.63, 3.8) is 0 Å². The fourth-order valence-corrected chi connectivity index (χ4v) is 3.42. The molecule has 1 heterocycles. The third kappa shape index (κ3) is 3.88. The molecule has 4 rings (SSSR count). The number of rotatable bonds is 5. The van der Waals surface area contributed by atoms with Gasteiger partial charge in [-0.25, -0.2) is 0 Å². The summed E-state index contributed by atoms with van der Waals surface area (Å²) in [4.78, 5) is 14.5. The van der Waals surface area contributed by atoms with Crippen LogP contribution in [0.15, 0.2) is 60.7 Å². The van der Waals surface area contributed by atoms with Gasteiger partial charge >= 0.3 is 0 Å². The maximum Gasteiger partial charge on any atom is 0.239 e. The van der Waals surface area contributed by atoms with Gasteiger partial charge in [-0.2, -0.15) is 0 Å². The van der Waals surface area contributed by atoms with Crippen molar-refractivity contribution < 1.29 is 14.3 Å². The Bertz CT molecular complexity index is 1000. The monoisotopic (exact) mass is 376 g/mol. The fourth-order valence-electron chi connectivity index (χ4n) is 3.42. The molecule has 0 unspecified atom stereocenters. The van der Waals surface area contributed by atoms with Crippen LogP contribution in [0.4, 0.5) is 5.69 Å². The fraction of sp³-hybridized carbons (Fsp3) is 0.261. The van der Waals surface area contributed by atoms with Gasteiger partial charge in [-0.05, 0) is 47.5 Å². The van der Waals surface area contributed by atoms with Crippen LogP contribution in [0.3, 0.4) is 0 Å². The molecule has 28 heavy (non-hydrogen) atoms. The lowest BCUT2D eigenvalue weighted by Crippen LogP contribution is -2.36. The lowest BCUT2D eigenvalue weighted by atomic mass is 10.1. The first kappa shape index (κ1) is 18.2. The molecule has 1 N–H and O–H groups in total. The van der Waals surface area contributed by atoms with E-state index >= 15 is 0 Å². The Balaban J connectivity index is 1.40. The van der Waals surface area contributed by atoms with Crippen molar-refractivity contribution >= 4 is 22.4 Å². The molecule has 5 nitrogen and oxygen atoms in total. The number of amides is 1. The number of hydrogen-bond donors (Lipinski definition) is 1. The van der Waals surface area contributed by atoms with E-state index in [2.05, 4.69) is 29.6 Å². The number of carbonyl (C=O) groups excluding carboxylic acids is 1. The summed E-state index contributed by atoms with van der Waals surface area (Å²) in [7, 11) is 1.93. The van der Waals surface area contributed by atoms with Crippen molar-refractivity contribution in [3.05, 3.63) is 66.2 Å². The summed E-state index contributed by atoms with van der Waals surface area (Å²) >= 11 is 0. The first-order valence-corrected chi connectivity index (χ1v) is 9.49. The van der Waals surface area contributed by atoms with Crippen LogP contribution >= 0.6 is 0 Å². The molecule has 3 aromatic rings. The van der Waals surface area contributed by atoms with Crippen LogP contribution in [0.2, 0.25) is 0 Å². The van der Waals surface area contributed by atoms with Crippen molar-refractivity contribution in [2.75, 3.05) is 31.7 Å². The predicted molar refractivity (Wildman–Crippen MR) is 111 cm³/mol. The standard InChI is InChI=1S/C23H24N2O3/c1-16(18-8-10-21-22(14-18)28-12-11-27-21)24-23(26)15-25(2)20-9-7-17-5-3-4-6-19(17)13-20/h3-10,13-14,16H,11-12,15H2,1-2H3,(H,24,26)/t16-/m1/s1. The van der Waals surface area contributed by atoms with E-state index in [9.17, 15) is 4.79 Å². The lowest BCUT2D eigenvalue weighted by molar-refractivity contribution is -0.120. The number of nitrogens with zero attached hydrogens (tertiary/aromatic N) is 1. The topological polar surface area (TPSA) is 50.8 Å². The van der Waals surface area contributed by atoms with Gasteiger partial charge in [0, 0.05) is 12.7 Å². The minimum atomic E-state index is -0.117. The zero-order chi connectivity index (χ0) is 19.5. The second-order valence-corrected chi connectivity index (χ2v) is 7.08. The highest BCUT2D eigenvalue weighted by Crippen LogP contribution is 2.32. The van der Waals surface area contributed by atoms with Crippen molar-refractivity contribution in [3.8, 4) is 11.5 Å². The minimum absolute atomic E-state index is 0.0296. The van der Waals surface area contributed by atoms with E-state index in [0.29, 0.717) is 13.2 Å². The lowest BCUT2D eigenvalue weighted by Gasteiger charge is -2.23.